The number of ether oxygens (including phenoxy) is 1. The molecular weight excluding hydrogens is 120 g/mol. The van der Waals surface area contributed by atoms with Crippen LogP contribution in [-0.4, -0.2) is 23.3 Å². The van der Waals surface area contributed by atoms with Crippen molar-refractivity contribution in [1.82, 2.24) is 0 Å². The van der Waals surface area contributed by atoms with Gasteiger partial charge in [0.25, 0.3) is 0 Å². The molecule has 0 aromatic carbocycles. The number of hydrogen-bond donors (Lipinski definition) is 1. The minimum Gasteiger partial charge on any atom is -0.452 e. The van der Waals surface area contributed by atoms with Crippen LogP contribution in [0.25, 0.3) is 0 Å². The van der Waals surface area contributed by atoms with Gasteiger partial charge in [-0.2, -0.15) is 0 Å². The van der Waals surface area contributed by atoms with Gasteiger partial charge in [0.05, 0.1) is 6.10 Å². The first-order valence-electron chi connectivity index (χ1n) is 2.77. The number of esters is 1. The highest BCUT2D eigenvalue weighted by Crippen LogP contribution is 2.08. The van der Waals surface area contributed by atoms with Crippen molar-refractivity contribution in [2.45, 2.75) is 19.1 Å². The van der Waals surface area contributed by atoms with Gasteiger partial charge in [0.2, 0.25) is 0 Å². The fraction of sp³-hybridized carbons (Fsp3) is 0.500. The highest BCUT2D eigenvalue weighted by Gasteiger charge is 2.20. The fourth-order valence-electron chi connectivity index (χ4n) is 0.645. The van der Waals surface area contributed by atoms with E-state index >= 15 is 0 Å². The summed E-state index contributed by atoms with van der Waals surface area (Å²) in [5.74, 6) is -0.374. The molecule has 0 aromatic rings. The molecule has 0 aliphatic carbocycles. The van der Waals surface area contributed by atoms with Crippen LogP contribution in [0.1, 0.15) is 6.92 Å². The second-order valence-corrected chi connectivity index (χ2v) is 2.00. The van der Waals surface area contributed by atoms with Crippen molar-refractivity contribution in [3.63, 3.8) is 0 Å². The first kappa shape index (κ1) is 6.29. The summed E-state index contributed by atoms with van der Waals surface area (Å²) < 4.78 is 4.62. The molecule has 0 spiro atoms. The van der Waals surface area contributed by atoms with Gasteiger partial charge in [-0.3, -0.25) is 0 Å². The van der Waals surface area contributed by atoms with Gasteiger partial charge >= 0.3 is 5.97 Å². The van der Waals surface area contributed by atoms with Crippen LogP contribution >= 0.6 is 0 Å². The van der Waals surface area contributed by atoms with Gasteiger partial charge in [0, 0.05) is 6.08 Å². The van der Waals surface area contributed by atoms with E-state index < -0.39 is 12.2 Å². The number of hydrogen-bond acceptors (Lipinski definition) is 3. The van der Waals surface area contributed by atoms with Crippen molar-refractivity contribution in [2.75, 3.05) is 0 Å². The van der Waals surface area contributed by atoms with Crippen molar-refractivity contribution in [3.05, 3.63) is 12.2 Å². The van der Waals surface area contributed by atoms with Crippen molar-refractivity contribution in [2.24, 2.45) is 0 Å². The minimum absolute atomic E-state index is 0.374. The molecule has 0 radical (unpaired) electrons. The summed E-state index contributed by atoms with van der Waals surface area (Å²) in [6.45, 7) is 1.58. The zero-order valence-electron chi connectivity index (χ0n) is 5.07. The summed E-state index contributed by atoms with van der Waals surface area (Å²) in [5, 5.41) is 8.84. The minimum atomic E-state index is -0.604. The quantitative estimate of drug-likeness (QED) is 0.499. The third-order valence-electron chi connectivity index (χ3n) is 1.15. The molecule has 1 aliphatic heterocycles. The molecule has 0 bridgehead atoms. The molecule has 1 rings (SSSR count). The van der Waals surface area contributed by atoms with E-state index in [1.807, 2.05) is 0 Å². The summed E-state index contributed by atoms with van der Waals surface area (Å²) in [4.78, 5) is 10.3. The Labute approximate surface area is 52.9 Å². The number of carbonyl (C=O) groups is 1. The predicted molar refractivity (Wildman–Crippen MR) is 30.7 cm³/mol. The first-order chi connectivity index (χ1) is 4.20. The Kier molecular flexibility index (Phi) is 1.53. The summed E-state index contributed by atoms with van der Waals surface area (Å²) in [7, 11) is 0. The number of cyclic esters (lactones) is 1. The van der Waals surface area contributed by atoms with Gasteiger partial charge in [-0.15, -0.1) is 0 Å². The Balaban J connectivity index is 2.50. The zero-order valence-corrected chi connectivity index (χ0v) is 5.07. The molecule has 0 saturated carbocycles. The van der Waals surface area contributed by atoms with E-state index in [4.69, 9.17) is 5.11 Å². The lowest BCUT2D eigenvalue weighted by Crippen LogP contribution is -2.21. The maximum Gasteiger partial charge on any atom is 0.331 e. The molecule has 1 aliphatic rings. The van der Waals surface area contributed by atoms with Gasteiger partial charge in [-0.25, -0.2) is 4.79 Å². The Morgan fingerprint density at radius 1 is 1.89 bits per heavy atom. The summed E-state index contributed by atoms with van der Waals surface area (Å²) in [6.07, 6.45) is 1.83. The van der Waals surface area contributed by atoms with Crippen LogP contribution < -0.4 is 0 Å². The summed E-state index contributed by atoms with van der Waals surface area (Å²) >= 11 is 0. The first-order valence-corrected chi connectivity index (χ1v) is 2.77. The molecule has 3 heteroatoms. The highest BCUT2D eigenvalue weighted by molar-refractivity contribution is 5.84. The topological polar surface area (TPSA) is 46.5 Å². The van der Waals surface area contributed by atoms with Gasteiger partial charge in [-0.05, 0) is 13.0 Å². The van der Waals surface area contributed by atoms with Crippen molar-refractivity contribution >= 4 is 5.97 Å². The molecule has 2 atom stereocenters. The highest BCUT2D eigenvalue weighted by atomic mass is 16.6. The van der Waals surface area contributed by atoms with Gasteiger partial charge in [0.1, 0.15) is 6.10 Å². The van der Waals surface area contributed by atoms with Crippen LogP contribution in [0, 0.1) is 0 Å². The number of aliphatic hydroxyl groups excluding tert-OH is 1. The Hall–Kier alpha value is -0.830. The van der Waals surface area contributed by atoms with Crippen molar-refractivity contribution < 1.29 is 14.6 Å². The fourth-order valence-corrected chi connectivity index (χ4v) is 0.645. The second kappa shape index (κ2) is 2.19. The molecule has 0 amide bonds. The summed E-state index contributed by atoms with van der Waals surface area (Å²) in [5.41, 5.74) is 0. The van der Waals surface area contributed by atoms with Crippen LogP contribution in [0.15, 0.2) is 12.2 Å². The van der Waals surface area contributed by atoms with E-state index in [2.05, 4.69) is 4.74 Å². The number of rotatable bonds is 1. The number of carbonyl (C=O) groups excluding carboxylic acids is 1. The lowest BCUT2D eigenvalue weighted by atomic mass is 10.2. The predicted octanol–water partition coefficient (Wildman–Crippen LogP) is -0.151. The van der Waals surface area contributed by atoms with Crippen molar-refractivity contribution in [3.8, 4) is 0 Å². The SMILES string of the molecule is C[C@H](O)[C@@H]1C=CC(=O)O1. The molecule has 1 N–H and O–H groups in total. The van der Waals surface area contributed by atoms with E-state index in [0.717, 1.165) is 0 Å². The smallest absolute Gasteiger partial charge is 0.331 e. The van der Waals surface area contributed by atoms with E-state index in [-0.39, 0.29) is 5.97 Å². The zero-order chi connectivity index (χ0) is 6.85. The van der Waals surface area contributed by atoms with Gasteiger partial charge in [-0.1, -0.05) is 0 Å². The Bertz CT molecular complexity index is 148. The number of aliphatic hydroxyl groups is 1. The molecule has 0 aromatic heterocycles. The molecule has 9 heavy (non-hydrogen) atoms. The van der Waals surface area contributed by atoms with Crippen LogP contribution in [0.5, 0.6) is 0 Å². The third kappa shape index (κ3) is 1.29. The van der Waals surface area contributed by atoms with Gasteiger partial charge < -0.3 is 9.84 Å². The van der Waals surface area contributed by atoms with Crippen LogP contribution in [0.3, 0.4) is 0 Å². The second-order valence-electron chi connectivity index (χ2n) is 2.00. The summed E-state index contributed by atoms with van der Waals surface area (Å²) in [6, 6.07) is 0. The lowest BCUT2D eigenvalue weighted by molar-refractivity contribution is -0.142. The van der Waals surface area contributed by atoms with Crippen LogP contribution in [-0.2, 0) is 9.53 Å². The molecule has 0 saturated heterocycles. The van der Waals surface area contributed by atoms with Gasteiger partial charge in [0.15, 0.2) is 0 Å². The van der Waals surface area contributed by atoms with Crippen LogP contribution in [0.2, 0.25) is 0 Å². The Morgan fingerprint density at radius 3 is 2.78 bits per heavy atom. The molecular formula is C6H8O3. The molecule has 0 fully saturated rings. The average molecular weight is 128 g/mol. The van der Waals surface area contributed by atoms with E-state index in [1.165, 1.54) is 6.08 Å². The van der Waals surface area contributed by atoms with E-state index in [1.54, 1.807) is 13.0 Å². The van der Waals surface area contributed by atoms with Crippen LogP contribution in [0.4, 0.5) is 0 Å². The third-order valence-corrected chi connectivity index (χ3v) is 1.15. The van der Waals surface area contributed by atoms with E-state index in [9.17, 15) is 4.79 Å². The maximum absolute atomic E-state index is 10.3. The molecule has 0 unspecified atom stereocenters. The van der Waals surface area contributed by atoms with Crippen molar-refractivity contribution in [1.29, 1.82) is 0 Å². The molecule has 50 valence electrons. The maximum atomic E-state index is 10.3. The lowest BCUT2D eigenvalue weighted by Gasteiger charge is -2.09. The monoisotopic (exact) mass is 128 g/mol. The largest absolute Gasteiger partial charge is 0.452 e. The Morgan fingerprint density at radius 2 is 2.56 bits per heavy atom. The molecule has 3 nitrogen and oxygen atoms in total. The van der Waals surface area contributed by atoms with E-state index in [0.29, 0.717) is 0 Å². The molecule has 1 heterocycles. The normalized spacial score (nSPS) is 28.2. The standard InChI is InChI=1S/C6H8O3/c1-4(7)5-2-3-6(8)9-5/h2-5,7H,1H3/t4-,5-/m0/s1. The average Bonchev–Trinajstić information content (AvgIpc) is 2.14.